The van der Waals surface area contributed by atoms with Gasteiger partial charge in [0.2, 0.25) is 5.91 Å². The number of carbonyl (C=O) groups excluding carboxylic acids is 1. The van der Waals surface area contributed by atoms with E-state index in [0.29, 0.717) is 10.9 Å². The molecule has 0 spiro atoms. The van der Waals surface area contributed by atoms with Crippen molar-refractivity contribution < 1.29 is 9.18 Å². The average molecular weight is 288 g/mol. The van der Waals surface area contributed by atoms with Crippen LogP contribution >= 0.6 is 15.9 Å². The molecule has 0 fully saturated rings. The molecule has 0 saturated heterocycles. The van der Waals surface area contributed by atoms with Crippen molar-refractivity contribution in [2.24, 2.45) is 11.1 Å². The predicted octanol–water partition coefficient (Wildman–Crippen LogP) is 2.95. The van der Waals surface area contributed by atoms with E-state index in [2.05, 4.69) is 15.9 Å². The van der Waals surface area contributed by atoms with Crippen LogP contribution in [0.2, 0.25) is 0 Å². The first kappa shape index (κ1) is 13.2. The summed E-state index contributed by atoms with van der Waals surface area (Å²) in [6, 6.07) is 3.10. The summed E-state index contributed by atoms with van der Waals surface area (Å²) < 4.78 is 13.8. The summed E-state index contributed by atoms with van der Waals surface area (Å²) in [5.41, 5.74) is 6.37. The second-order valence-corrected chi connectivity index (χ2v) is 5.37. The second-order valence-electron chi connectivity index (χ2n) is 4.58. The molecule has 0 bridgehead atoms. The van der Waals surface area contributed by atoms with Gasteiger partial charge >= 0.3 is 0 Å². The van der Waals surface area contributed by atoms with Gasteiger partial charge in [-0.25, -0.2) is 4.39 Å². The Bertz CT molecular complexity index is 429. The Hall–Kier alpha value is -0.900. The minimum Gasteiger partial charge on any atom is -0.369 e. The average Bonchev–Trinajstić information content (AvgIpc) is 2.18. The van der Waals surface area contributed by atoms with Crippen LogP contribution in [0.15, 0.2) is 16.6 Å². The largest absolute Gasteiger partial charge is 0.369 e. The van der Waals surface area contributed by atoms with Gasteiger partial charge < -0.3 is 5.73 Å². The SMILES string of the molecule is Cc1ccc(F)c(Br)c1CC(C)(C)C(N)=O. The third-order valence-electron chi connectivity index (χ3n) is 2.72. The molecule has 0 radical (unpaired) electrons. The summed E-state index contributed by atoms with van der Waals surface area (Å²) in [7, 11) is 0. The molecule has 0 aliphatic carbocycles. The second kappa shape index (κ2) is 4.53. The van der Waals surface area contributed by atoms with Gasteiger partial charge in [-0.3, -0.25) is 4.79 Å². The van der Waals surface area contributed by atoms with Crippen molar-refractivity contribution in [1.82, 2.24) is 0 Å². The number of aryl methyl sites for hydroxylation is 1. The highest BCUT2D eigenvalue weighted by atomic mass is 79.9. The lowest BCUT2D eigenvalue weighted by atomic mass is 9.84. The number of halogens is 2. The van der Waals surface area contributed by atoms with E-state index in [1.54, 1.807) is 19.9 Å². The number of benzene rings is 1. The van der Waals surface area contributed by atoms with Crippen LogP contribution < -0.4 is 5.73 Å². The molecular formula is C12H15BrFNO. The molecule has 2 nitrogen and oxygen atoms in total. The third-order valence-corrected chi connectivity index (χ3v) is 3.57. The zero-order valence-electron chi connectivity index (χ0n) is 9.60. The minimum atomic E-state index is -0.679. The highest BCUT2D eigenvalue weighted by Gasteiger charge is 2.27. The van der Waals surface area contributed by atoms with Crippen LogP contribution in [0.3, 0.4) is 0 Å². The van der Waals surface area contributed by atoms with E-state index < -0.39 is 5.41 Å². The van der Waals surface area contributed by atoms with Gasteiger partial charge in [0.25, 0.3) is 0 Å². The number of rotatable bonds is 3. The van der Waals surface area contributed by atoms with E-state index in [9.17, 15) is 9.18 Å². The number of primary amides is 1. The predicted molar refractivity (Wildman–Crippen MR) is 65.5 cm³/mol. The molecule has 1 aromatic rings. The van der Waals surface area contributed by atoms with Crippen molar-refractivity contribution in [2.75, 3.05) is 0 Å². The summed E-state index contributed by atoms with van der Waals surface area (Å²) in [6.45, 7) is 5.40. The van der Waals surface area contributed by atoms with Gasteiger partial charge in [-0.15, -0.1) is 0 Å². The van der Waals surface area contributed by atoms with Gasteiger partial charge in [-0.1, -0.05) is 19.9 Å². The molecule has 16 heavy (non-hydrogen) atoms. The maximum Gasteiger partial charge on any atom is 0.223 e. The summed E-state index contributed by atoms with van der Waals surface area (Å²) >= 11 is 3.21. The zero-order chi connectivity index (χ0) is 12.5. The molecule has 1 amide bonds. The first-order valence-corrected chi connectivity index (χ1v) is 5.78. The molecular weight excluding hydrogens is 273 g/mol. The molecule has 4 heteroatoms. The molecule has 0 aliphatic heterocycles. The monoisotopic (exact) mass is 287 g/mol. The van der Waals surface area contributed by atoms with Gasteiger partial charge in [0.05, 0.1) is 4.47 Å². The van der Waals surface area contributed by atoms with Crippen LogP contribution in [0.25, 0.3) is 0 Å². The van der Waals surface area contributed by atoms with Crippen molar-refractivity contribution in [1.29, 1.82) is 0 Å². The first-order valence-electron chi connectivity index (χ1n) is 4.99. The summed E-state index contributed by atoms with van der Waals surface area (Å²) in [6.07, 6.45) is 0.423. The minimum absolute atomic E-state index is 0.319. The highest BCUT2D eigenvalue weighted by Crippen LogP contribution is 2.30. The van der Waals surface area contributed by atoms with Crippen molar-refractivity contribution in [3.05, 3.63) is 33.5 Å². The fourth-order valence-corrected chi connectivity index (χ4v) is 2.02. The Morgan fingerprint density at radius 2 is 2.06 bits per heavy atom. The van der Waals surface area contributed by atoms with E-state index in [1.165, 1.54) is 6.07 Å². The van der Waals surface area contributed by atoms with Gasteiger partial charge in [-0.2, -0.15) is 0 Å². The summed E-state index contributed by atoms with van der Waals surface area (Å²) in [4.78, 5) is 11.2. The normalized spacial score (nSPS) is 11.6. The number of hydrogen-bond donors (Lipinski definition) is 1. The smallest absolute Gasteiger partial charge is 0.223 e. The van der Waals surface area contributed by atoms with Gasteiger partial charge in [0, 0.05) is 5.41 Å². The van der Waals surface area contributed by atoms with E-state index >= 15 is 0 Å². The van der Waals surface area contributed by atoms with Crippen LogP contribution in [-0.4, -0.2) is 5.91 Å². The van der Waals surface area contributed by atoms with E-state index in [-0.39, 0.29) is 11.7 Å². The maximum absolute atomic E-state index is 13.4. The maximum atomic E-state index is 13.4. The lowest BCUT2D eigenvalue weighted by Crippen LogP contribution is -2.33. The highest BCUT2D eigenvalue weighted by molar-refractivity contribution is 9.10. The number of nitrogens with two attached hydrogens (primary N) is 1. The Labute approximate surface area is 103 Å². The van der Waals surface area contributed by atoms with Crippen LogP contribution in [-0.2, 0) is 11.2 Å². The van der Waals surface area contributed by atoms with Crippen LogP contribution in [0.5, 0.6) is 0 Å². The first-order chi connectivity index (χ1) is 7.25. The molecule has 1 rings (SSSR count). The molecule has 0 atom stereocenters. The fraction of sp³-hybridized carbons (Fsp3) is 0.417. The van der Waals surface area contributed by atoms with Gasteiger partial charge in [0.1, 0.15) is 5.82 Å². The Kier molecular flexibility index (Phi) is 3.73. The van der Waals surface area contributed by atoms with Crippen molar-refractivity contribution in [2.45, 2.75) is 27.2 Å². The van der Waals surface area contributed by atoms with E-state index in [0.717, 1.165) is 11.1 Å². The zero-order valence-corrected chi connectivity index (χ0v) is 11.2. The van der Waals surface area contributed by atoms with Crippen molar-refractivity contribution >= 4 is 21.8 Å². The van der Waals surface area contributed by atoms with E-state index in [1.807, 2.05) is 6.92 Å². The van der Waals surface area contributed by atoms with E-state index in [4.69, 9.17) is 5.73 Å². The molecule has 2 N–H and O–H groups in total. The molecule has 88 valence electrons. The molecule has 0 unspecified atom stereocenters. The Balaban J connectivity index is 3.15. The number of hydrogen-bond acceptors (Lipinski definition) is 1. The molecule has 0 heterocycles. The van der Waals surface area contributed by atoms with Gasteiger partial charge in [-0.05, 0) is 46.5 Å². The van der Waals surface area contributed by atoms with Crippen LogP contribution in [0.1, 0.15) is 25.0 Å². The quantitative estimate of drug-likeness (QED) is 0.913. The Morgan fingerprint density at radius 1 is 1.50 bits per heavy atom. The molecule has 1 aromatic carbocycles. The Morgan fingerprint density at radius 3 is 2.56 bits per heavy atom. The van der Waals surface area contributed by atoms with Crippen molar-refractivity contribution in [3.63, 3.8) is 0 Å². The number of amides is 1. The van der Waals surface area contributed by atoms with Crippen LogP contribution in [0.4, 0.5) is 4.39 Å². The lowest BCUT2D eigenvalue weighted by molar-refractivity contribution is -0.125. The third kappa shape index (κ3) is 2.61. The standard InChI is InChI=1S/C12H15BrFNO/c1-7-4-5-9(14)10(13)8(7)6-12(2,3)11(15)16/h4-5H,6H2,1-3H3,(H2,15,16). The molecule has 0 saturated carbocycles. The van der Waals surface area contributed by atoms with Crippen molar-refractivity contribution in [3.8, 4) is 0 Å². The molecule has 0 aliphatic rings. The summed E-state index contributed by atoms with van der Waals surface area (Å²) in [5.74, 6) is -0.705. The summed E-state index contributed by atoms with van der Waals surface area (Å²) in [5, 5.41) is 0. The fourth-order valence-electron chi connectivity index (χ4n) is 1.44. The number of carbonyl (C=O) groups is 1. The van der Waals surface area contributed by atoms with Gasteiger partial charge in [0.15, 0.2) is 0 Å². The lowest BCUT2D eigenvalue weighted by Gasteiger charge is -2.22. The topological polar surface area (TPSA) is 43.1 Å². The molecule has 0 aromatic heterocycles. The van der Waals surface area contributed by atoms with Crippen LogP contribution in [0, 0.1) is 18.2 Å².